The molecule has 0 spiro atoms. The molecule has 6 heteroatoms. The second-order valence-corrected chi connectivity index (χ2v) is 8.38. The monoisotopic (exact) mass is 429 g/mol. The van der Waals surface area contributed by atoms with E-state index in [1.165, 1.54) is 11.8 Å². The molecule has 0 fully saturated rings. The minimum atomic E-state index is -0.364. The Labute approximate surface area is 178 Å². The molecular weight excluding hydrogens is 413 g/mol. The van der Waals surface area contributed by atoms with Gasteiger partial charge in [-0.15, -0.1) is 11.8 Å². The predicted octanol–water partition coefficient (Wildman–Crippen LogP) is 6.34. The highest BCUT2D eigenvalue weighted by Crippen LogP contribution is 2.28. The van der Waals surface area contributed by atoms with Crippen LogP contribution in [0.25, 0.3) is 0 Å². The van der Waals surface area contributed by atoms with Crippen LogP contribution in [0, 0.1) is 0 Å². The highest BCUT2D eigenvalue weighted by molar-refractivity contribution is 8.00. The normalized spacial score (nSPS) is 11.7. The van der Waals surface area contributed by atoms with Crippen molar-refractivity contribution in [2.45, 2.75) is 17.1 Å². The van der Waals surface area contributed by atoms with Crippen molar-refractivity contribution in [1.82, 2.24) is 0 Å². The van der Waals surface area contributed by atoms with E-state index in [0.717, 1.165) is 4.90 Å². The fourth-order valence-electron chi connectivity index (χ4n) is 2.56. The van der Waals surface area contributed by atoms with Crippen LogP contribution in [0.4, 0.5) is 5.69 Å². The van der Waals surface area contributed by atoms with E-state index in [1.807, 2.05) is 25.1 Å². The van der Waals surface area contributed by atoms with E-state index >= 15 is 0 Å². The van der Waals surface area contributed by atoms with Crippen molar-refractivity contribution < 1.29 is 9.59 Å². The van der Waals surface area contributed by atoms with E-state index in [1.54, 1.807) is 54.6 Å². The fourth-order valence-corrected chi connectivity index (χ4v) is 3.73. The zero-order valence-corrected chi connectivity index (χ0v) is 17.3. The molecule has 1 N–H and O–H groups in total. The van der Waals surface area contributed by atoms with E-state index < -0.39 is 0 Å². The number of hydrogen-bond donors (Lipinski definition) is 1. The maximum Gasteiger partial charge on any atom is 0.237 e. The van der Waals surface area contributed by atoms with Crippen molar-refractivity contribution in [3.05, 3.63) is 94.0 Å². The summed E-state index contributed by atoms with van der Waals surface area (Å²) in [5.74, 6) is -0.402. The van der Waals surface area contributed by atoms with Gasteiger partial charge in [-0.05, 0) is 49.4 Å². The average molecular weight is 430 g/mol. The Hall–Kier alpha value is -2.27. The number of rotatable bonds is 6. The quantitative estimate of drug-likeness (QED) is 0.367. The number of halogens is 2. The summed E-state index contributed by atoms with van der Waals surface area (Å²) in [6.45, 7) is 1.81. The number of benzene rings is 3. The molecule has 1 atom stereocenters. The number of thioether (sulfide) groups is 1. The highest BCUT2D eigenvalue weighted by atomic mass is 35.5. The van der Waals surface area contributed by atoms with Gasteiger partial charge in [0.2, 0.25) is 5.91 Å². The molecule has 3 aromatic carbocycles. The van der Waals surface area contributed by atoms with Gasteiger partial charge in [0, 0.05) is 26.1 Å². The fraction of sp³-hybridized carbons (Fsp3) is 0.0909. The van der Waals surface area contributed by atoms with Crippen molar-refractivity contribution in [2.24, 2.45) is 0 Å². The van der Waals surface area contributed by atoms with Gasteiger partial charge in [-0.1, -0.05) is 53.5 Å². The summed E-state index contributed by atoms with van der Waals surface area (Å²) in [7, 11) is 0. The Kier molecular flexibility index (Phi) is 6.79. The van der Waals surface area contributed by atoms with Crippen LogP contribution in [-0.2, 0) is 4.79 Å². The van der Waals surface area contributed by atoms with Gasteiger partial charge in [0.05, 0.1) is 10.9 Å². The molecule has 0 radical (unpaired) electrons. The second kappa shape index (κ2) is 9.28. The molecule has 0 saturated carbocycles. The lowest BCUT2D eigenvalue weighted by atomic mass is 10.0. The number of carbonyl (C=O) groups is 2. The largest absolute Gasteiger partial charge is 0.324 e. The maximum absolute atomic E-state index is 12.9. The third kappa shape index (κ3) is 5.16. The standard InChI is InChI=1S/C22H17Cl2NO2S/c1-14(28-18-10-7-16(23)8-11-18)22(27)25-20-12-9-17(24)13-19(20)21(26)15-5-3-2-4-6-15/h2-14H,1H3,(H,25,27)/t14-/m0/s1. The van der Waals surface area contributed by atoms with Crippen LogP contribution in [0.1, 0.15) is 22.8 Å². The minimum Gasteiger partial charge on any atom is -0.324 e. The summed E-state index contributed by atoms with van der Waals surface area (Å²) < 4.78 is 0. The molecule has 0 heterocycles. The van der Waals surface area contributed by atoms with E-state index in [-0.39, 0.29) is 16.9 Å². The first-order valence-electron chi connectivity index (χ1n) is 8.56. The van der Waals surface area contributed by atoms with Crippen molar-refractivity contribution >= 4 is 52.3 Å². The van der Waals surface area contributed by atoms with Crippen LogP contribution in [-0.4, -0.2) is 16.9 Å². The van der Waals surface area contributed by atoms with Crippen molar-refractivity contribution in [3.63, 3.8) is 0 Å². The Morgan fingerprint density at radius 2 is 1.54 bits per heavy atom. The van der Waals surface area contributed by atoms with E-state index in [9.17, 15) is 9.59 Å². The lowest BCUT2D eigenvalue weighted by Crippen LogP contribution is -2.23. The van der Waals surface area contributed by atoms with Crippen LogP contribution in [0.5, 0.6) is 0 Å². The molecule has 142 valence electrons. The Morgan fingerprint density at radius 3 is 2.21 bits per heavy atom. The van der Waals surface area contributed by atoms with Crippen molar-refractivity contribution in [1.29, 1.82) is 0 Å². The van der Waals surface area contributed by atoms with E-state index in [4.69, 9.17) is 23.2 Å². The maximum atomic E-state index is 12.9. The Bertz CT molecular complexity index is 991. The van der Waals surface area contributed by atoms with Gasteiger partial charge in [0.1, 0.15) is 0 Å². The number of nitrogens with one attached hydrogen (secondary N) is 1. The molecule has 0 unspecified atom stereocenters. The van der Waals surface area contributed by atoms with Gasteiger partial charge < -0.3 is 5.32 Å². The lowest BCUT2D eigenvalue weighted by Gasteiger charge is -2.15. The van der Waals surface area contributed by atoms with Crippen LogP contribution in [0.3, 0.4) is 0 Å². The molecule has 3 nitrogen and oxygen atoms in total. The average Bonchev–Trinajstić information content (AvgIpc) is 2.71. The smallest absolute Gasteiger partial charge is 0.237 e. The molecule has 1 amide bonds. The van der Waals surface area contributed by atoms with Gasteiger partial charge in [-0.3, -0.25) is 9.59 Å². The molecule has 0 aromatic heterocycles. The van der Waals surface area contributed by atoms with Crippen LogP contribution >= 0.6 is 35.0 Å². The number of carbonyl (C=O) groups excluding carboxylic acids is 2. The summed E-state index contributed by atoms with van der Waals surface area (Å²) in [5.41, 5.74) is 1.33. The van der Waals surface area contributed by atoms with E-state index in [0.29, 0.717) is 26.9 Å². The molecular formula is C22H17Cl2NO2S. The lowest BCUT2D eigenvalue weighted by molar-refractivity contribution is -0.115. The number of ketones is 1. The van der Waals surface area contributed by atoms with Crippen molar-refractivity contribution in [3.8, 4) is 0 Å². The van der Waals surface area contributed by atoms with Gasteiger partial charge >= 0.3 is 0 Å². The summed E-state index contributed by atoms with van der Waals surface area (Å²) in [6.07, 6.45) is 0. The van der Waals surface area contributed by atoms with E-state index in [2.05, 4.69) is 5.32 Å². The van der Waals surface area contributed by atoms with Crippen LogP contribution < -0.4 is 5.32 Å². The third-order valence-electron chi connectivity index (χ3n) is 4.02. The molecule has 3 aromatic rings. The molecule has 0 saturated heterocycles. The molecule has 0 aliphatic carbocycles. The molecule has 28 heavy (non-hydrogen) atoms. The number of hydrogen-bond acceptors (Lipinski definition) is 3. The first-order valence-corrected chi connectivity index (χ1v) is 10.2. The van der Waals surface area contributed by atoms with Gasteiger partial charge in [-0.25, -0.2) is 0 Å². The summed E-state index contributed by atoms with van der Waals surface area (Å²) >= 11 is 13.4. The topological polar surface area (TPSA) is 46.2 Å². The second-order valence-electron chi connectivity index (χ2n) is 6.09. The number of amides is 1. The summed E-state index contributed by atoms with van der Waals surface area (Å²) in [4.78, 5) is 26.5. The zero-order valence-electron chi connectivity index (χ0n) is 15.0. The van der Waals surface area contributed by atoms with Gasteiger partial charge in [0.25, 0.3) is 0 Å². The summed E-state index contributed by atoms with van der Waals surface area (Å²) in [6, 6.07) is 21.0. The summed E-state index contributed by atoms with van der Waals surface area (Å²) in [5, 5.41) is 3.57. The third-order valence-corrected chi connectivity index (χ3v) is 5.61. The number of anilines is 1. The molecule has 3 rings (SSSR count). The molecule has 0 bridgehead atoms. The minimum absolute atomic E-state index is 0.198. The predicted molar refractivity (Wildman–Crippen MR) is 117 cm³/mol. The molecule has 0 aliphatic rings. The molecule has 0 aliphatic heterocycles. The highest BCUT2D eigenvalue weighted by Gasteiger charge is 2.19. The first-order chi connectivity index (χ1) is 13.4. The van der Waals surface area contributed by atoms with Crippen molar-refractivity contribution in [2.75, 3.05) is 5.32 Å². The zero-order chi connectivity index (χ0) is 20.1. The van der Waals surface area contributed by atoms with Gasteiger partial charge in [0.15, 0.2) is 5.78 Å². The van der Waals surface area contributed by atoms with Crippen LogP contribution in [0.15, 0.2) is 77.7 Å². The van der Waals surface area contributed by atoms with Crippen LogP contribution in [0.2, 0.25) is 10.0 Å². The Balaban J connectivity index is 1.79. The first kappa shape index (κ1) is 20.5. The SMILES string of the molecule is C[C@H](Sc1ccc(Cl)cc1)C(=O)Nc1ccc(Cl)cc1C(=O)c1ccccc1. The Morgan fingerprint density at radius 1 is 0.893 bits per heavy atom. The van der Waals surface area contributed by atoms with Gasteiger partial charge in [-0.2, -0.15) is 0 Å².